The van der Waals surface area contributed by atoms with E-state index >= 15 is 0 Å². The molecule has 0 radical (unpaired) electrons. The maximum absolute atomic E-state index is 12.6. The predicted octanol–water partition coefficient (Wildman–Crippen LogP) is 2.91. The zero-order valence-corrected chi connectivity index (χ0v) is 12.6. The number of hydrogen-bond donors (Lipinski definition) is 1. The molecule has 1 aliphatic heterocycles. The van der Waals surface area contributed by atoms with Gasteiger partial charge in [-0.15, -0.1) is 11.3 Å². The standard InChI is InChI=1S/C16H16N2O2S/c1-11(19)17-14-4-2-3-12(9-14)16(20)18-7-5-15-13(10-18)6-8-21-15/h2-4,6,8-9H,5,7,10H2,1H3,(H,17,19). The number of hydrogen-bond acceptors (Lipinski definition) is 3. The van der Waals surface area contributed by atoms with Crippen molar-refractivity contribution >= 4 is 28.8 Å². The largest absolute Gasteiger partial charge is 0.334 e. The maximum atomic E-state index is 12.6. The van der Waals surface area contributed by atoms with Crippen molar-refractivity contribution < 1.29 is 9.59 Å². The van der Waals surface area contributed by atoms with Gasteiger partial charge in [-0.25, -0.2) is 0 Å². The van der Waals surface area contributed by atoms with Gasteiger partial charge in [-0.05, 0) is 41.6 Å². The smallest absolute Gasteiger partial charge is 0.254 e. The minimum absolute atomic E-state index is 0.0130. The lowest BCUT2D eigenvalue weighted by atomic mass is 10.1. The Hall–Kier alpha value is -2.14. The van der Waals surface area contributed by atoms with Crippen LogP contribution in [0.5, 0.6) is 0 Å². The van der Waals surface area contributed by atoms with Crippen molar-refractivity contribution in [2.24, 2.45) is 0 Å². The summed E-state index contributed by atoms with van der Waals surface area (Å²) in [7, 11) is 0. The van der Waals surface area contributed by atoms with E-state index in [4.69, 9.17) is 0 Å². The average Bonchev–Trinajstić information content (AvgIpc) is 2.93. The van der Waals surface area contributed by atoms with Crippen LogP contribution >= 0.6 is 11.3 Å². The molecule has 0 aliphatic carbocycles. The van der Waals surface area contributed by atoms with Crippen molar-refractivity contribution in [2.75, 3.05) is 11.9 Å². The molecule has 1 aromatic heterocycles. The summed E-state index contributed by atoms with van der Waals surface area (Å²) in [6, 6.07) is 9.18. The van der Waals surface area contributed by atoms with Crippen molar-refractivity contribution in [1.82, 2.24) is 4.90 Å². The van der Waals surface area contributed by atoms with Gasteiger partial charge in [0.1, 0.15) is 0 Å². The molecule has 3 rings (SSSR count). The summed E-state index contributed by atoms with van der Waals surface area (Å²) in [4.78, 5) is 26.9. The summed E-state index contributed by atoms with van der Waals surface area (Å²) in [6.07, 6.45) is 0.921. The first-order valence-corrected chi connectivity index (χ1v) is 7.73. The van der Waals surface area contributed by atoms with Gasteiger partial charge < -0.3 is 10.2 Å². The molecule has 0 unspecified atom stereocenters. The topological polar surface area (TPSA) is 49.4 Å². The van der Waals surface area contributed by atoms with Crippen LogP contribution in [0, 0.1) is 0 Å². The molecule has 0 spiro atoms. The zero-order chi connectivity index (χ0) is 14.8. The van der Waals surface area contributed by atoms with Gasteiger partial charge in [0, 0.05) is 36.1 Å². The van der Waals surface area contributed by atoms with Gasteiger partial charge in [0.15, 0.2) is 0 Å². The molecule has 0 saturated heterocycles. The van der Waals surface area contributed by atoms with Gasteiger partial charge in [0.25, 0.3) is 5.91 Å². The number of benzene rings is 1. The van der Waals surface area contributed by atoms with Gasteiger partial charge in [0.05, 0.1) is 0 Å². The first kappa shape index (κ1) is 13.8. The third-order valence-electron chi connectivity index (χ3n) is 3.52. The van der Waals surface area contributed by atoms with Gasteiger partial charge >= 0.3 is 0 Å². The second-order valence-electron chi connectivity index (χ2n) is 5.11. The molecule has 1 N–H and O–H groups in total. The molecule has 2 amide bonds. The molecular weight excluding hydrogens is 284 g/mol. The van der Waals surface area contributed by atoms with Gasteiger partial charge in [-0.2, -0.15) is 0 Å². The minimum atomic E-state index is -0.138. The lowest BCUT2D eigenvalue weighted by Crippen LogP contribution is -2.35. The first-order chi connectivity index (χ1) is 10.1. The molecule has 0 fully saturated rings. The fraction of sp³-hybridized carbons (Fsp3) is 0.250. The van der Waals surface area contributed by atoms with Crippen molar-refractivity contribution in [3.05, 3.63) is 51.7 Å². The Morgan fingerprint density at radius 1 is 1.29 bits per heavy atom. The summed E-state index contributed by atoms with van der Waals surface area (Å²) < 4.78 is 0. The van der Waals surface area contributed by atoms with Crippen molar-refractivity contribution in [3.63, 3.8) is 0 Å². The molecule has 0 atom stereocenters. The molecule has 5 heteroatoms. The molecular formula is C16H16N2O2S. The molecule has 1 aromatic carbocycles. The Morgan fingerprint density at radius 2 is 2.14 bits per heavy atom. The van der Waals surface area contributed by atoms with E-state index < -0.39 is 0 Å². The monoisotopic (exact) mass is 300 g/mol. The summed E-state index contributed by atoms with van der Waals surface area (Å²) in [6.45, 7) is 2.87. The summed E-state index contributed by atoms with van der Waals surface area (Å²) >= 11 is 1.76. The fourth-order valence-corrected chi connectivity index (χ4v) is 3.43. The maximum Gasteiger partial charge on any atom is 0.254 e. The Balaban J connectivity index is 1.78. The van der Waals surface area contributed by atoms with Gasteiger partial charge in [0.2, 0.25) is 5.91 Å². The molecule has 108 valence electrons. The van der Waals surface area contributed by atoms with Crippen LogP contribution in [0.4, 0.5) is 5.69 Å². The van der Waals surface area contributed by atoms with E-state index in [1.807, 2.05) is 4.90 Å². The molecule has 2 aromatic rings. The average molecular weight is 300 g/mol. The third-order valence-corrected chi connectivity index (χ3v) is 4.55. The van der Waals surface area contributed by atoms with Crippen LogP contribution < -0.4 is 5.32 Å². The minimum Gasteiger partial charge on any atom is -0.334 e. The zero-order valence-electron chi connectivity index (χ0n) is 11.8. The van der Waals surface area contributed by atoms with Crippen LogP contribution in [0.2, 0.25) is 0 Å². The second kappa shape index (κ2) is 5.69. The second-order valence-corrected chi connectivity index (χ2v) is 6.11. The quantitative estimate of drug-likeness (QED) is 0.927. The highest BCUT2D eigenvalue weighted by Gasteiger charge is 2.22. The third kappa shape index (κ3) is 2.97. The predicted molar refractivity (Wildman–Crippen MR) is 83.5 cm³/mol. The summed E-state index contributed by atoms with van der Waals surface area (Å²) in [5, 5.41) is 4.79. The van der Waals surface area contributed by atoms with Crippen LogP contribution in [-0.4, -0.2) is 23.3 Å². The number of carbonyl (C=O) groups excluding carboxylic acids is 2. The SMILES string of the molecule is CC(=O)Nc1cccc(C(=O)N2CCc3sccc3C2)c1. The normalized spacial score (nSPS) is 13.7. The van der Waals surface area contributed by atoms with E-state index in [2.05, 4.69) is 16.8 Å². The Bertz CT molecular complexity index is 693. The number of anilines is 1. The van der Waals surface area contributed by atoms with Crippen LogP contribution in [0.3, 0.4) is 0 Å². The van der Waals surface area contributed by atoms with E-state index in [0.29, 0.717) is 17.8 Å². The lowest BCUT2D eigenvalue weighted by molar-refractivity contribution is -0.114. The van der Waals surface area contributed by atoms with E-state index in [-0.39, 0.29) is 11.8 Å². The van der Waals surface area contributed by atoms with Crippen LogP contribution in [0.15, 0.2) is 35.7 Å². The fourth-order valence-electron chi connectivity index (χ4n) is 2.54. The van der Waals surface area contributed by atoms with Crippen molar-refractivity contribution in [3.8, 4) is 0 Å². The number of fused-ring (bicyclic) bond motifs is 1. The molecule has 4 nitrogen and oxygen atoms in total. The number of amides is 2. The molecule has 0 bridgehead atoms. The first-order valence-electron chi connectivity index (χ1n) is 6.85. The summed E-state index contributed by atoms with van der Waals surface area (Å²) in [5.74, 6) is -0.125. The summed E-state index contributed by atoms with van der Waals surface area (Å²) in [5.41, 5.74) is 2.51. The number of rotatable bonds is 2. The van der Waals surface area contributed by atoms with Crippen LogP contribution in [0.1, 0.15) is 27.7 Å². The number of thiophene rings is 1. The van der Waals surface area contributed by atoms with E-state index in [0.717, 1.165) is 13.0 Å². The van der Waals surface area contributed by atoms with Crippen molar-refractivity contribution in [1.29, 1.82) is 0 Å². The van der Waals surface area contributed by atoms with E-state index in [1.165, 1.54) is 17.4 Å². The molecule has 1 aliphatic rings. The molecule has 2 heterocycles. The lowest BCUT2D eigenvalue weighted by Gasteiger charge is -2.27. The Morgan fingerprint density at radius 3 is 2.95 bits per heavy atom. The molecule has 21 heavy (non-hydrogen) atoms. The number of carbonyl (C=O) groups is 2. The van der Waals surface area contributed by atoms with Crippen LogP contribution in [0.25, 0.3) is 0 Å². The highest BCUT2D eigenvalue weighted by molar-refractivity contribution is 7.10. The number of nitrogens with zero attached hydrogens (tertiary/aromatic N) is 1. The Kier molecular flexibility index (Phi) is 3.75. The highest BCUT2D eigenvalue weighted by Crippen LogP contribution is 2.25. The van der Waals surface area contributed by atoms with E-state index in [1.54, 1.807) is 35.6 Å². The van der Waals surface area contributed by atoms with Crippen LogP contribution in [-0.2, 0) is 17.8 Å². The Labute approximate surface area is 127 Å². The van der Waals surface area contributed by atoms with Crippen molar-refractivity contribution in [2.45, 2.75) is 19.9 Å². The van der Waals surface area contributed by atoms with Gasteiger partial charge in [-0.1, -0.05) is 6.07 Å². The number of nitrogens with one attached hydrogen (secondary N) is 1. The van der Waals surface area contributed by atoms with E-state index in [9.17, 15) is 9.59 Å². The molecule has 0 saturated carbocycles. The van der Waals surface area contributed by atoms with Gasteiger partial charge in [-0.3, -0.25) is 9.59 Å². The highest BCUT2D eigenvalue weighted by atomic mass is 32.1.